The third kappa shape index (κ3) is 3.23. The molecule has 0 aromatic carbocycles. The lowest BCUT2D eigenvalue weighted by molar-refractivity contribution is -0.142. The summed E-state index contributed by atoms with van der Waals surface area (Å²) < 4.78 is 0. The molecule has 0 bridgehead atoms. The van der Waals surface area contributed by atoms with Crippen molar-refractivity contribution < 1.29 is 14.7 Å². The fourth-order valence-electron chi connectivity index (χ4n) is 2.22. The van der Waals surface area contributed by atoms with Crippen LogP contribution < -0.4 is 5.32 Å². The van der Waals surface area contributed by atoms with Crippen LogP contribution in [0.5, 0.6) is 0 Å². The minimum Gasteiger partial charge on any atom is -0.481 e. The number of hydrogen-bond donors (Lipinski definition) is 2. The predicted molar refractivity (Wildman–Crippen MR) is 70.9 cm³/mol. The number of nitrogens with zero attached hydrogens (tertiary/aromatic N) is 2. The second-order valence-electron chi connectivity index (χ2n) is 4.84. The molecule has 2 rings (SSSR count). The average Bonchev–Trinajstić information content (AvgIpc) is 2.92. The van der Waals surface area contributed by atoms with Crippen molar-refractivity contribution in [2.24, 2.45) is 11.8 Å². The van der Waals surface area contributed by atoms with Gasteiger partial charge in [-0.3, -0.25) is 4.79 Å². The molecule has 0 aliphatic carbocycles. The van der Waals surface area contributed by atoms with Crippen LogP contribution in [-0.4, -0.2) is 40.1 Å². The maximum absolute atomic E-state index is 11.9. The maximum atomic E-state index is 11.9. The lowest BCUT2D eigenvalue weighted by Crippen LogP contribution is -2.38. The number of nitrogens with one attached hydrogen (secondary N) is 1. The van der Waals surface area contributed by atoms with Gasteiger partial charge in [0, 0.05) is 18.5 Å². The van der Waals surface area contributed by atoms with E-state index in [9.17, 15) is 9.59 Å². The molecule has 1 aromatic rings. The average molecular weight is 283 g/mol. The molecule has 2 unspecified atom stereocenters. The van der Waals surface area contributed by atoms with Crippen LogP contribution in [0.25, 0.3) is 0 Å². The standard InChI is InChI=1S/C12H17N3O3S/c1-7-4-15(5-10(7)11(16)17)12(18)13-3-9-6-19-8(2)14-9/h6-7,10H,3-5H2,1-2H3,(H,13,18)(H,16,17). The largest absolute Gasteiger partial charge is 0.481 e. The van der Waals surface area contributed by atoms with Gasteiger partial charge in [0.1, 0.15) is 0 Å². The van der Waals surface area contributed by atoms with Gasteiger partial charge in [0.15, 0.2) is 0 Å². The summed E-state index contributed by atoms with van der Waals surface area (Å²) in [5.41, 5.74) is 0.831. The maximum Gasteiger partial charge on any atom is 0.317 e. The van der Waals surface area contributed by atoms with Crippen LogP contribution >= 0.6 is 11.3 Å². The third-order valence-corrected chi connectivity index (χ3v) is 4.13. The highest BCUT2D eigenvalue weighted by Crippen LogP contribution is 2.23. The van der Waals surface area contributed by atoms with E-state index in [0.29, 0.717) is 13.1 Å². The van der Waals surface area contributed by atoms with Crippen LogP contribution in [0, 0.1) is 18.8 Å². The number of amides is 2. The highest BCUT2D eigenvalue weighted by molar-refractivity contribution is 7.09. The van der Waals surface area contributed by atoms with Crippen molar-refractivity contribution in [3.63, 3.8) is 0 Å². The van der Waals surface area contributed by atoms with Crippen molar-refractivity contribution in [1.29, 1.82) is 0 Å². The van der Waals surface area contributed by atoms with Gasteiger partial charge in [-0.2, -0.15) is 0 Å². The number of carboxylic acids is 1. The summed E-state index contributed by atoms with van der Waals surface area (Å²) in [6, 6.07) is -0.221. The Morgan fingerprint density at radius 1 is 1.58 bits per heavy atom. The highest BCUT2D eigenvalue weighted by atomic mass is 32.1. The number of thiazole rings is 1. The molecule has 0 radical (unpaired) electrons. The Hall–Kier alpha value is -1.63. The highest BCUT2D eigenvalue weighted by Gasteiger charge is 2.36. The van der Waals surface area contributed by atoms with Crippen molar-refractivity contribution in [3.05, 3.63) is 16.1 Å². The molecule has 104 valence electrons. The molecule has 1 fully saturated rings. The summed E-state index contributed by atoms with van der Waals surface area (Å²) >= 11 is 1.54. The first-order chi connectivity index (χ1) is 8.97. The number of rotatable bonds is 3. The number of hydrogen-bond acceptors (Lipinski definition) is 4. The van der Waals surface area contributed by atoms with E-state index >= 15 is 0 Å². The zero-order valence-corrected chi connectivity index (χ0v) is 11.7. The molecular weight excluding hydrogens is 266 g/mol. The fraction of sp³-hybridized carbons (Fsp3) is 0.583. The van der Waals surface area contributed by atoms with Gasteiger partial charge in [-0.15, -0.1) is 11.3 Å². The molecule has 2 N–H and O–H groups in total. The second-order valence-corrected chi connectivity index (χ2v) is 5.91. The monoisotopic (exact) mass is 283 g/mol. The number of carbonyl (C=O) groups excluding carboxylic acids is 1. The van der Waals surface area contributed by atoms with Gasteiger partial charge in [0.25, 0.3) is 0 Å². The molecular formula is C12H17N3O3S. The Morgan fingerprint density at radius 2 is 2.32 bits per heavy atom. The lowest BCUT2D eigenvalue weighted by Gasteiger charge is -2.16. The van der Waals surface area contributed by atoms with Crippen molar-refractivity contribution in [2.75, 3.05) is 13.1 Å². The molecule has 1 aliphatic heterocycles. The predicted octanol–water partition coefficient (Wildman–Crippen LogP) is 1.31. The Bertz CT molecular complexity index is 488. The SMILES string of the molecule is Cc1nc(CNC(=O)N2CC(C)C(C(=O)O)C2)cs1. The quantitative estimate of drug-likeness (QED) is 0.876. The van der Waals surface area contributed by atoms with E-state index in [0.717, 1.165) is 10.7 Å². The van der Waals surface area contributed by atoms with Crippen molar-refractivity contribution in [1.82, 2.24) is 15.2 Å². The number of urea groups is 1. The molecule has 2 heterocycles. The molecule has 19 heavy (non-hydrogen) atoms. The van der Waals surface area contributed by atoms with Crippen LogP contribution in [0.4, 0.5) is 4.79 Å². The minimum atomic E-state index is -0.835. The summed E-state index contributed by atoms with van der Waals surface area (Å²) in [5, 5.41) is 14.7. The number of aryl methyl sites for hydroxylation is 1. The lowest BCUT2D eigenvalue weighted by atomic mass is 9.99. The van der Waals surface area contributed by atoms with Crippen molar-refractivity contribution in [3.8, 4) is 0 Å². The van der Waals surface area contributed by atoms with Gasteiger partial charge < -0.3 is 15.3 Å². The zero-order valence-electron chi connectivity index (χ0n) is 10.9. The summed E-state index contributed by atoms with van der Waals surface area (Å²) in [7, 11) is 0. The molecule has 1 saturated heterocycles. The number of likely N-dealkylation sites (tertiary alicyclic amines) is 1. The summed E-state index contributed by atoms with van der Waals surface area (Å²) in [6.45, 7) is 4.91. The van der Waals surface area contributed by atoms with E-state index in [1.807, 2.05) is 19.2 Å². The van der Waals surface area contributed by atoms with E-state index in [4.69, 9.17) is 5.11 Å². The van der Waals surface area contributed by atoms with Gasteiger partial charge in [-0.1, -0.05) is 6.92 Å². The summed E-state index contributed by atoms with van der Waals surface area (Å²) in [6.07, 6.45) is 0. The molecule has 6 nitrogen and oxygen atoms in total. The van der Waals surface area contributed by atoms with E-state index in [1.165, 1.54) is 11.3 Å². The van der Waals surface area contributed by atoms with Crippen LogP contribution in [0.3, 0.4) is 0 Å². The van der Waals surface area contributed by atoms with Crippen LogP contribution in [0.2, 0.25) is 0 Å². The molecule has 0 saturated carbocycles. The van der Waals surface area contributed by atoms with Crippen LogP contribution in [-0.2, 0) is 11.3 Å². The number of carbonyl (C=O) groups is 2. The number of aromatic nitrogens is 1. The second kappa shape index (κ2) is 5.56. The molecule has 2 amide bonds. The van der Waals surface area contributed by atoms with E-state index in [2.05, 4.69) is 10.3 Å². The first kappa shape index (κ1) is 13.8. The summed E-state index contributed by atoms with van der Waals surface area (Å²) in [4.78, 5) is 28.7. The normalized spacial score (nSPS) is 22.5. The topological polar surface area (TPSA) is 82.5 Å². The van der Waals surface area contributed by atoms with E-state index in [-0.39, 0.29) is 18.5 Å². The number of aliphatic carboxylic acids is 1. The van der Waals surface area contributed by atoms with Gasteiger partial charge in [0.05, 0.1) is 23.2 Å². The number of carboxylic acid groups (broad SMARTS) is 1. The molecule has 1 aliphatic rings. The Morgan fingerprint density at radius 3 is 2.84 bits per heavy atom. The van der Waals surface area contributed by atoms with Crippen LogP contribution in [0.15, 0.2) is 5.38 Å². The van der Waals surface area contributed by atoms with E-state index in [1.54, 1.807) is 4.90 Å². The van der Waals surface area contributed by atoms with Gasteiger partial charge >= 0.3 is 12.0 Å². The molecule has 0 spiro atoms. The molecule has 2 atom stereocenters. The minimum absolute atomic E-state index is 0.00948. The van der Waals surface area contributed by atoms with Crippen molar-refractivity contribution >= 4 is 23.3 Å². The third-order valence-electron chi connectivity index (χ3n) is 3.30. The first-order valence-corrected chi connectivity index (χ1v) is 7.02. The fourth-order valence-corrected chi connectivity index (χ4v) is 2.83. The van der Waals surface area contributed by atoms with Gasteiger partial charge in [-0.25, -0.2) is 9.78 Å². The first-order valence-electron chi connectivity index (χ1n) is 6.14. The summed E-state index contributed by atoms with van der Waals surface area (Å²) in [5.74, 6) is -1.31. The van der Waals surface area contributed by atoms with Crippen LogP contribution in [0.1, 0.15) is 17.6 Å². The Balaban J connectivity index is 1.86. The molecule has 1 aromatic heterocycles. The van der Waals surface area contributed by atoms with Gasteiger partial charge in [0.2, 0.25) is 0 Å². The van der Waals surface area contributed by atoms with Gasteiger partial charge in [-0.05, 0) is 12.8 Å². The Labute approximate surface area is 115 Å². The Kier molecular flexibility index (Phi) is 4.04. The smallest absolute Gasteiger partial charge is 0.317 e. The van der Waals surface area contributed by atoms with Crippen molar-refractivity contribution in [2.45, 2.75) is 20.4 Å². The van der Waals surface area contributed by atoms with E-state index < -0.39 is 11.9 Å². The molecule has 7 heteroatoms. The zero-order chi connectivity index (χ0) is 14.0.